The molecule has 1 aromatic heterocycles. The highest BCUT2D eigenvalue weighted by molar-refractivity contribution is 7.98. The Morgan fingerprint density at radius 2 is 1.85 bits per heavy atom. The van der Waals surface area contributed by atoms with Gasteiger partial charge in [-0.1, -0.05) is 47.1 Å². The van der Waals surface area contributed by atoms with E-state index in [2.05, 4.69) is 5.16 Å². The summed E-state index contributed by atoms with van der Waals surface area (Å²) in [6.45, 7) is 4.30. The molecule has 27 heavy (non-hydrogen) atoms. The fourth-order valence-corrected chi connectivity index (χ4v) is 4.18. The predicted molar refractivity (Wildman–Crippen MR) is 109 cm³/mol. The van der Waals surface area contributed by atoms with Crippen LogP contribution in [-0.4, -0.2) is 23.0 Å². The third kappa shape index (κ3) is 4.54. The molecule has 0 fully saturated rings. The van der Waals surface area contributed by atoms with Crippen LogP contribution in [0.5, 0.6) is 0 Å². The second kappa shape index (κ2) is 8.63. The number of aryl methyl sites for hydroxylation is 2. The zero-order chi connectivity index (χ0) is 19.4. The molecule has 0 aliphatic carbocycles. The fraction of sp³-hybridized carbons (Fsp3) is 0.238. The predicted octanol–water partition coefficient (Wildman–Crippen LogP) is 5.51. The molecule has 0 spiro atoms. The van der Waals surface area contributed by atoms with Crippen LogP contribution >= 0.6 is 23.4 Å². The summed E-state index contributed by atoms with van der Waals surface area (Å²) in [6, 6.07) is 15.2. The number of halogens is 1. The smallest absolute Gasteiger partial charge is 0.255 e. The second-order valence-electron chi connectivity index (χ2n) is 6.34. The Morgan fingerprint density at radius 1 is 1.15 bits per heavy atom. The lowest BCUT2D eigenvalue weighted by Crippen LogP contribution is -2.26. The number of hydrogen-bond donors (Lipinski definition) is 0. The Hall–Kier alpha value is -2.24. The number of hydrogen-bond acceptors (Lipinski definition) is 4. The first-order valence-electron chi connectivity index (χ1n) is 8.60. The average Bonchev–Trinajstić information content (AvgIpc) is 2.99. The van der Waals surface area contributed by atoms with Crippen LogP contribution in [0.25, 0.3) is 0 Å². The minimum absolute atomic E-state index is 0.0308. The van der Waals surface area contributed by atoms with Crippen molar-refractivity contribution in [3.63, 3.8) is 0 Å². The first-order valence-corrected chi connectivity index (χ1v) is 9.96. The molecular formula is C21H21ClN2O2S. The molecule has 0 unspecified atom stereocenters. The summed E-state index contributed by atoms with van der Waals surface area (Å²) in [6.07, 6.45) is 0. The van der Waals surface area contributed by atoms with E-state index in [1.807, 2.05) is 62.4 Å². The molecule has 0 N–H and O–H groups in total. The van der Waals surface area contributed by atoms with Gasteiger partial charge in [0, 0.05) is 34.8 Å². The Labute approximate surface area is 168 Å². The maximum Gasteiger partial charge on any atom is 0.255 e. The molecule has 0 radical (unpaired) electrons. The third-order valence-electron chi connectivity index (χ3n) is 4.38. The van der Waals surface area contributed by atoms with Crippen LogP contribution in [0.2, 0.25) is 5.02 Å². The van der Waals surface area contributed by atoms with Crippen LogP contribution in [0.3, 0.4) is 0 Å². The van der Waals surface area contributed by atoms with Gasteiger partial charge in [-0.3, -0.25) is 4.79 Å². The van der Waals surface area contributed by atoms with Crippen molar-refractivity contribution in [3.8, 4) is 0 Å². The first-order chi connectivity index (χ1) is 13.0. The summed E-state index contributed by atoms with van der Waals surface area (Å²) in [5.41, 5.74) is 3.58. The number of thioether (sulfide) groups is 1. The van der Waals surface area contributed by atoms with Gasteiger partial charge in [-0.15, -0.1) is 11.8 Å². The summed E-state index contributed by atoms with van der Waals surface area (Å²) in [5.74, 6) is 1.50. The SMILES string of the molecule is Cc1noc(C)c1CSc1ccccc1C(=O)N(C)Cc1ccccc1Cl. The molecule has 6 heteroatoms. The number of rotatable bonds is 6. The van der Waals surface area contributed by atoms with Crippen molar-refractivity contribution in [1.82, 2.24) is 10.1 Å². The quantitative estimate of drug-likeness (QED) is 0.512. The molecule has 0 bridgehead atoms. The first kappa shape index (κ1) is 19.5. The molecule has 0 saturated heterocycles. The molecular weight excluding hydrogens is 380 g/mol. The highest BCUT2D eigenvalue weighted by Gasteiger charge is 2.18. The average molecular weight is 401 g/mol. The normalized spacial score (nSPS) is 10.8. The van der Waals surface area contributed by atoms with Crippen LogP contribution < -0.4 is 0 Å². The van der Waals surface area contributed by atoms with E-state index in [-0.39, 0.29) is 5.91 Å². The van der Waals surface area contributed by atoms with Crippen molar-refractivity contribution in [3.05, 3.63) is 81.7 Å². The number of benzene rings is 2. The van der Waals surface area contributed by atoms with Gasteiger partial charge in [-0.2, -0.15) is 0 Å². The van der Waals surface area contributed by atoms with E-state index in [0.29, 0.717) is 22.9 Å². The molecule has 0 aliphatic heterocycles. The lowest BCUT2D eigenvalue weighted by Gasteiger charge is -2.19. The number of carbonyl (C=O) groups is 1. The van der Waals surface area contributed by atoms with Crippen molar-refractivity contribution in [1.29, 1.82) is 0 Å². The number of carbonyl (C=O) groups excluding carboxylic acids is 1. The lowest BCUT2D eigenvalue weighted by atomic mass is 10.1. The van der Waals surface area contributed by atoms with Gasteiger partial charge in [-0.25, -0.2) is 0 Å². The van der Waals surface area contributed by atoms with Crippen LogP contribution in [0, 0.1) is 13.8 Å². The van der Waals surface area contributed by atoms with Crippen molar-refractivity contribution in [2.45, 2.75) is 31.0 Å². The Bertz CT molecular complexity index is 935. The van der Waals surface area contributed by atoms with E-state index in [9.17, 15) is 4.79 Å². The van der Waals surface area contributed by atoms with Crippen molar-refractivity contribution < 1.29 is 9.32 Å². The highest BCUT2D eigenvalue weighted by Crippen LogP contribution is 2.29. The van der Waals surface area contributed by atoms with E-state index in [4.69, 9.17) is 16.1 Å². The standard InChI is InChI=1S/C21H21ClN2O2S/c1-14-18(15(2)26-23-14)13-27-20-11-7-5-9-17(20)21(25)24(3)12-16-8-4-6-10-19(16)22/h4-11H,12-13H2,1-3H3. The van der Waals surface area contributed by atoms with Crippen LogP contribution in [0.4, 0.5) is 0 Å². The van der Waals surface area contributed by atoms with Gasteiger partial charge in [0.25, 0.3) is 5.91 Å². The molecule has 1 amide bonds. The molecule has 140 valence electrons. The van der Waals surface area contributed by atoms with Gasteiger partial charge in [0.2, 0.25) is 0 Å². The minimum atomic E-state index is -0.0308. The summed E-state index contributed by atoms with van der Waals surface area (Å²) < 4.78 is 5.23. The Morgan fingerprint density at radius 3 is 2.56 bits per heavy atom. The lowest BCUT2D eigenvalue weighted by molar-refractivity contribution is 0.0781. The monoisotopic (exact) mass is 400 g/mol. The van der Waals surface area contributed by atoms with Gasteiger partial charge in [0.1, 0.15) is 5.76 Å². The van der Waals surface area contributed by atoms with Crippen LogP contribution in [0.1, 0.15) is 32.9 Å². The molecule has 0 atom stereocenters. The topological polar surface area (TPSA) is 46.3 Å². The molecule has 3 rings (SSSR count). The summed E-state index contributed by atoms with van der Waals surface area (Å²) >= 11 is 7.84. The summed E-state index contributed by atoms with van der Waals surface area (Å²) in [7, 11) is 1.79. The van der Waals surface area contributed by atoms with Crippen molar-refractivity contribution in [2.24, 2.45) is 0 Å². The molecule has 0 aliphatic rings. The fourth-order valence-electron chi connectivity index (χ4n) is 2.79. The summed E-state index contributed by atoms with van der Waals surface area (Å²) in [5, 5.41) is 4.66. The van der Waals surface area contributed by atoms with Gasteiger partial charge < -0.3 is 9.42 Å². The number of aromatic nitrogens is 1. The molecule has 0 saturated carbocycles. The molecule has 1 heterocycles. The van der Waals surface area contributed by atoms with Crippen LogP contribution in [-0.2, 0) is 12.3 Å². The van der Waals surface area contributed by atoms with E-state index in [1.54, 1.807) is 23.7 Å². The number of amides is 1. The van der Waals surface area contributed by atoms with Gasteiger partial charge in [0.05, 0.1) is 11.3 Å². The third-order valence-corrected chi connectivity index (χ3v) is 5.85. The maximum atomic E-state index is 13.0. The Kier molecular flexibility index (Phi) is 6.24. The van der Waals surface area contributed by atoms with Gasteiger partial charge in [0.15, 0.2) is 0 Å². The molecule has 2 aromatic carbocycles. The van der Waals surface area contributed by atoms with Gasteiger partial charge in [-0.05, 0) is 37.6 Å². The number of nitrogens with zero attached hydrogens (tertiary/aromatic N) is 2. The largest absolute Gasteiger partial charge is 0.361 e. The molecule has 3 aromatic rings. The molecule has 4 nitrogen and oxygen atoms in total. The van der Waals surface area contributed by atoms with E-state index >= 15 is 0 Å². The van der Waals surface area contributed by atoms with Crippen LogP contribution in [0.15, 0.2) is 57.9 Å². The zero-order valence-corrected chi connectivity index (χ0v) is 17.1. The van der Waals surface area contributed by atoms with Crippen molar-refractivity contribution in [2.75, 3.05) is 7.05 Å². The van der Waals surface area contributed by atoms with Gasteiger partial charge >= 0.3 is 0 Å². The summed E-state index contributed by atoms with van der Waals surface area (Å²) in [4.78, 5) is 15.6. The highest BCUT2D eigenvalue weighted by atomic mass is 35.5. The van der Waals surface area contributed by atoms with E-state index in [0.717, 1.165) is 27.5 Å². The minimum Gasteiger partial charge on any atom is -0.361 e. The Balaban J connectivity index is 1.76. The zero-order valence-electron chi connectivity index (χ0n) is 15.5. The maximum absolute atomic E-state index is 13.0. The van der Waals surface area contributed by atoms with E-state index in [1.165, 1.54) is 0 Å². The van der Waals surface area contributed by atoms with E-state index < -0.39 is 0 Å². The van der Waals surface area contributed by atoms with Crippen molar-refractivity contribution >= 4 is 29.3 Å². The second-order valence-corrected chi connectivity index (χ2v) is 7.76.